The van der Waals surface area contributed by atoms with Crippen LogP contribution in [0.1, 0.15) is 42.9 Å². The molecule has 0 spiro atoms. The van der Waals surface area contributed by atoms with Gasteiger partial charge in [-0.2, -0.15) is 0 Å². The molecule has 2 N–H and O–H groups in total. The first-order chi connectivity index (χ1) is 8.80. The molecule has 3 nitrogen and oxygen atoms in total. The zero-order chi connectivity index (χ0) is 14.2. The molecule has 1 atom stereocenters. The van der Waals surface area contributed by atoms with Crippen LogP contribution in [0.15, 0.2) is 18.2 Å². The van der Waals surface area contributed by atoms with E-state index in [0.29, 0.717) is 10.6 Å². The zero-order valence-electron chi connectivity index (χ0n) is 10.9. The lowest BCUT2D eigenvalue weighted by Crippen LogP contribution is -2.20. The van der Waals surface area contributed by atoms with Gasteiger partial charge in [-0.3, -0.25) is 0 Å². The normalized spacial score (nSPS) is 13.6. The highest BCUT2D eigenvalue weighted by atomic mass is 35.5. The topological polar surface area (TPSA) is 51.8 Å². The monoisotopic (exact) mass is 299 g/mol. The standard InChI is InChI=1S/C13H15ClFN3S/c1-13(2,3)12-11(19-18-17-12)10(16)8-5-4-7(14)6-9(8)15/h4-6,10H,16H2,1-3H3. The molecule has 19 heavy (non-hydrogen) atoms. The van der Waals surface area contributed by atoms with Gasteiger partial charge in [0.25, 0.3) is 0 Å². The maximum Gasteiger partial charge on any atom is 0.129 e. The number of nitrogens with two attached hydrogens (primary N) is 1. The lowest BCUT2D eigenvalue weighted by atomic mass is 9.89. The number of aromatic nitrogens is 2. The molecule has 0 radical (unpaired) electrons. The Morgan fingerprint density at radius 3 is 2.63 bits per heavy atom. The number of hydrogen-bond donors (Lipinski definition) is 1. The van der Waals surface area contributed by atoms with Crippen molar-refractivity contribution in [1.29, 1.82) is 0 Å². The van der Waals surface area contributed by atoms with Crippen LogP contribution in [0, 0.1) is 5.82 Å². The molecule has 6 heteroatoms. The molecule has 0 bridgehead atoms. The minimum Gasteiger partial charge on any atom is -0.319 e. The van der Waals surface area contributed by atoms with Gasteiger partial charge in [-0.15, -0.1) is 5.10 Å². The molecule has 0 saturated carbocycles. The van der Waals surface area contributed by atoms with E-state index in [1.807, 2.05) is 20.8 Å². The molecule has 0 fully saturated rings. The number of rotatable bonds is 2. The largest absolute Gasteiger partial charge is 0.319 e. The van der Waals surface area contributed by atoms with Crippen molar-refractivity contribution < 1.29 is 4.39 Å². The Morgan fingerprint density at radius 1 is 1.37 bits per heavy atom. The molecule has 102 valence electrons. The summed E-state index contributed by atoms with van der Waals surface area (Å²) in [5.74, 6) is -0.409. The summed E-state index contributed by atoms with van der Waals surface area (Å²) in [7, 11) is 0. The Bertz CT molecular complexity index is 592. The highest BCUT2D eigenvalue weighted by Crippen LogP contribution is 2.33. The molecule has 0 aliphatic heterocycles. The van der Waals surface area contributed by atoms with Crippen LogP contribution < -0.4 is 5.73 Å². The summed E-state index contributed by atoms with van der Waals surface area (Å²) in [6.07, 6.45) is 0. The van der Waals surface area contributed by atoms with Gasteiger partial charge >= 0.3 is 0 Å². The average molecular weight is 300 g/mol. The third-order valence-electron chi connectivity index (χ3n) is 2.80. The molecule has 1 aromatic carbocycles. The smallest absolute Gasteiger partial charge is 0.129 e. The fraction of sp³-hybridized carbons (Fsp3) is 0.385. The molecule has 2 aromatic rings. The molecule has 0 saturated heterocycles. The highest BCUT2D eigenvalue weighted by Gasteiger charge is 2.27. The molecule has 2 rings (SSSR count). The van der Waals surface area contributed by atoms with Gasteiger partial charge in [0.05, 0.1) is 16.6 Å². The first-order valence-electron chi connectivity index (χ1n) is 5.84. The van der Waals surface area contributed by atoms with E-state index in [-0.39, 0.29) is 5.41 Å². The average Bonchev–Trinajstić information content (AvgIpc) is 2.76. The molecule has 0 aliphatic carbocycles. The zero-order valence-corrected chi connectivity index (χ0v) is 12.5. The molecule has 1 heterocycles. The summed E-state index contributed by atoms with van der Waals surface area (Å²) in [5, 5.41) is 4.47. The third-order valence-corrected chi connectivity index (χ3v) is 3.85. The van der Waals surface area contributed by atoms with Gasteiger partial charge in [-0.25, -0.2) is 4.39 Å². The van der Waals surface area contributed by atoms with Crippen molar-refractivity contribution in [2.24, 2.45) is 5.73 Å². The van der Waals surface area contributed by atoms with Crippen LogP contribution in [0.2, 0.25) is 5.02 Å². The maximum absolute atomic E-state index is 13.9. The van der Waals surface area contributed by atoms with E-state index in [1.165, 1.54) is 17.6 Å². The van der Waals surface area contributed by atoms with Crippen LogP contribution in [-0.2, 0) is 5.41 Å². The van der Waals surface area contributed by atoms with Gasteiger partial charge in [0, 0.05) is 16.0 Å². The van der Waals surface area contributed by atoms with E-state index in [1.54, 1.807) is 12.1 Å². The lowest BCUT2D eigenvalue weighted by Gasteiger charge is -2.20. The van der Waals surface area contributed by atoms with Crippen molar-refractivity contribution in [3.63, 3.8) is 0 Å². The number of halogens is 2. The van der Waals surface area contributed by atoms with Crippen molar-refractivity contribution in [3.8, 4) is 0 Å². The van der Waals surface area contributed by atoms with Gasteiger partial charge in [-0.1, -0.05) is 42.9 Å². The van der Waals surface area contributed by atoms with E-state index < -0.39 is 11.9 Å². The van der Waals surface area contributed by atoms with E-state index >= 15 is 0 Å². The number of benzene rings is 1. The predicted molar refractivity (Wildman–Crippen MR) is 76.0 cm³/mol. The Morgan fingerprint density at radius 2 is 2.05 bits per heavy atom. The van der Waals surface area contributed by atoms with Crippen LogP contribution >= 0.6 is 23.1 Å². The molecule has 1 aromatic heterocycles. The Labute approximate surface area is 120 Å². The van der Waals surface area contributed by atoms with Crippen molar-refractivity contribution in [3.05, 3.63) is 45.2 Å². The van der Waals surface area contributed by atoms with Crippen molar-refractivity contribution in [1.82, 2.24) is 9.59 Å². The quantitative estimate of drug-likeness (QED) is 0.920. The Kier molecular flexibility index (Phi) is 3.90. The summed E-state index contributed by atoms with van der Waals surface area (Å²) in [6, 6.07) is 3.92. The van der Waals surface area contributed by atoms with Crippen LogP contribution in [0.3, 0.4) is 0 Å². The van der Waals surface area contributed by atoms with Crippen LogP contribution in [0.5, 0.6) is 0 Å². The fourth-order valence-corrected chi connectivity index (χ4v) is 2.86. The van der Waals surface area contributed by atoms with E-state index in [0.717, 1.165) is 10.6 Å². The second-order valence-electron chi connectivity index (χ2n) is 5.38. The van der Waals surface area contributed by atoms with Crippen molar-refractivity contribution >= 4 is 23.1 Å². The minimum absolute atomic E-state index is 0.178. The number of nitrogens with zero attached hydrogens (tertiary/aromatic N) is 2. The first-order valence-corrected chi connectivity index (χ1v) is 6.99. The first kappa shape index (κ1) is 14.4. The summed E-state index contributed by atoms with van der Waals surface area (Å²) in [6.45, 7) is 6.08. The lowest BCUT2D eigenvalue weighted by molar-refractivity contribution is 0.552. The summed E-state index contributed by atoms with van der Waals surface area (Å²) in [4.78, 5) is 0.786. The summed E-state index contributed by atoms with van der Waals surface area (Å²) < 4.78 is 17.9. The SMILES string of the molecule is CC(C)(C)c1nnsc1C(N)c1ccc(Cl)cc1F. The van der Waals surface area contributed by atoms with Crippen molar-refractivity contribution in [2.45, 2.75) is 32.2 Å². The Hall–Kier alpha value is -1.04. The van der Waals surface area contributed by atoms with Gasteiger partial charge in [0.1, 0.15) is 5.82 Å². The summed E-state index contributed by atoms with van der Waals surface area (Å²) >= 11 is 6.95. The fourth-order valence-electron chi connectivity index (χ4n) is 1.82. The Balaban J connectivity index is 2.45. The molecule has 0 aliphatic rings. The second kappa shape index (κ2) is 5.15. The molecule has 0 amide bonds. The van der Waals surface area contributed by atoms with E-state index in [2.05, 4.69) is 9.59 Å². The van der Waals surface area contributed by atoms with Crippen LogP contribution in [0.25, 0.3) is 0 Å². The second-order valence-corrected chi connectivity index (χ2v) is 6.60. The highest BCUT2D eigenvalue weighted by molar-refractivity contribution is 7.05. The van der Waals surface area contributed by atoms with E-state index in [9.17, 15) is 4.39 Å². The number of hydrogen-bond acceptors (Lipinski definition) is 4. The van der Waals surface area contributed by atoms with E-state index in [4.69, 9.17) is 17.3 Å². The van der Waals surface area contributed by atoms with Crippen LogP contribution in [-0.4, -0.2) is 9.59 Å². The van der Waals surface area contributed by atoms with Gasteiger partial charge in [0.15, 0.2) is 0 Å². The van der Waals surface area contributed by atoms with Crippen LogP contribution in [0.4, 0.5) is 4.39 Å². The molecule has 1 unspecified atom stereocenters. The summed E-state index contributed by atoms with van der Waals surface area (Å²) in [5.41, 5.74) is 7.19. The minimum atomic E-state index is -0.577. The van der Waals surface area contributed by atoms with Gasteiger partial charge < -0.3 is 5.73 Å². The maximum atomic E-state index is 13.9. The molecular weight excluding hydrogens is 285 g/mol. The third kappa shape index (κ3) is 2.94. The van der Waals surface area contributed by atoms with Gasteiger partial charge in [-0.05, 0) is 23.7 Å². The predicted octanol–water partition coefficient (Wildman–Crippen LogP) is 3.68. The van der Waals surface area contributed by atoms with Gasteiger partial charge in [0.2, 0.25) is 0 Å². The van der Waals surface area contributed by atoms with Crippen molar-refractivity contribution in [2.75, 3.05) is 0 Å². The molecular formula is C13H15ClFN3S.